The van der Waals surface area contributed by atoms with Crippen LogP contribution in [0.25, 0.3) is 0 Å². The third-order valence-electron chi connectivity index (χ3n) is 3.02. The molecule has 15 heavy (non-hydrogen) atoms. The smallest absolute Gasteiger partial charge is 0.274 e. The Bertz CT molecular complexity index is 348. The SMILES string of the molecule is CC(C1CC1)N(C)C(=O)c1cnccn1. The van der Waals surface area contributed by atoms with E-state index < -0.39 is 0 Å². The average molecular weight is 205 g/mol. The third kappa shape index (κ3) is 2.14. The van der Waals surface area contributed by atoms with E-state index in [4.69, 9.17) is 0 Å². The van der Waals surface area contributed by atoms with Crippen LogP contribution in [0.15, 0.2) is 18.6 Å². The Morgan fingerprint density at radius 3 is 2.80 bits per heavy atom. The number of amides is 1. The van der Waals surface area contributed by atoms with Gasteiger partial charge in [-0.05, 0) is 25.7 Å². The van der Waals surface area contributed by atoms with Gasteiger partial charge < -0.3 is 4.90 Å². The number of nitrogens with zero attached hydrogens (tertiary/aromatic N) is 3. The zero-order valence-electron chi connectivity index (χ0n) is 9.05. The van der Waals surface area contributed by atoms with Gasteiger partial charge in [0.15, 0.2) is 0 Å². The fourth-order valence-corrected chi connectivity index (χ4v) is 1.67. The van der Waals surface area contributed by atoms with E-state index in [1.807, 2.05) is 7.05 Å². The Morgan fingerprint density at radius 2 is 2.27 bits per heavy atom. The molecule has 0 radical (unpaired) electrons. The topological polar surface area (TPSA) is 46.1 Å². The maximum absolute atomic E-state index is 11.9. The Hall–Kier alpha value is -1.45. The Morgan fingerprint density at radius 1 is 1.53 bits per heavy atom. The van der Waals surface area contributed by atoms with E-state index in [2.05, 4.69) is 16.9 Å². The van der Waals surface area contributed by atoms with Crippen LogP contribution < -0.4 is 0 Å². The van der Waals surface area contributed by atoms with Crippen molar-refractivity contribution in [2.45, 2.75) is 25.8 Å². The molecule has 1 aliphatic carbocycles. The molecule has 1 atom stereocenters. The van der Waals surface area contributed by atoms with E-state index >= 15 is 0 Å². The molecule has 0 bridgehead atoms. The van der Waals surface area contributed by atoms with E-state index in [1.165, 1.54) is 19.0 Å². The van der Waals surface area contributed by atoms with E-state index in [1.54, 1.807) is 17.3 Å². The molecule has 0 saturated heterocycles. The first-order valence-electron chi connectivity index (χ1n) is 5.23. The van der Waals surface area contributed by atoms with E-state index in [9.17, 15) is 4.79 Å². The first-order valence-corrected chi connectivity index (χ1v) is 5.23. The number of hydrogen-bond donors (Lipinski definition) is 0. The highest BCUT2D eigenvalue weighted by Crippen LogP contribution is 2.34. The quantitative estimate of drug-likeness (QED) is 0.748. The molecule has 1 fully saturated rings. The maximum atomic E-state index is 11.9. The highest BCUT2D eigenvalue weighted by atomic mass is 16.2. The summed E-state index contributed by atoms with van der Waals surface area (Å²) in [7, 11) is 1.83. The predicted molar refractivity (Wildman–Crippen MR) is 56.3 cm³/mol. The lowest BCUT2D eigenvalue weighted by Gasteiger charge is -2.24. The van der Waals surface area contributed by atoms with Crippen LogP contribution in [0.4, 0.5) is 0 Å². The largest absolute Gasteiger partial charge is 0.337 e. The van der Waals surface area contributed by atoms with Gasteiger partial charge in [0.1, 0.15) is 5.69 Å². The first-order chi connectivity index (χ1) is 7.20. The van der Waals surface area contributed by atoms with Crippen molar-refractivity contribution in [1.29, 1.82) is 0 Å². The minimum atomic E-state index is -0.0394. The molecular weight excluding hydrogens is 190 g/mol. The van der Waals surface area contributed by atoms with Crippen molar-refractivity contribution >= 4 is 5.91 Å². The summed E-state index contributed by atoms with van der Waals surface area (Å²) in [6.45, 7) is 2.09. The van der Waals surface area contributed by atoms with Gasteiger partial charge in [-0.2, -0.15) is 0 Å². The minimum absolute atomic E-state index is 0.0394. The summed E-state index contributed by atoms with van der Waals surface area (Å²) in [5, 5.41) is 0. The highest BCUT2D eigenvalue weighted by Gasteiger charge is 2.32. The summed E-state index contributed by atoms with van der Waals surface area (Å²) in [5.74, 6) is 0.637. The van der Waals surface area contributed by atoms with Crippen LogP contribution in [-0.2, 0) is 0 Å². The summed E-state index contributed by atoms with van der Waals surface area (Å²) in [4.78, 5) is 21.6. The summed E-state index contributed by atoms with van der Waals surface area (Å²) in [5.41, 5.74) is 0.424. The van der Waals surface area contributed by atoms with Gasteiger partial charge in [0.25, 0.3) is 5.91 Å². The van der Waals surface area contributed by atoms with Crippen LogP contribution in [0.3, 0.4) is 0 Å². The second-order valence-corrected chi connectivity index (χ2v) is 4.08. The molecular formula is C11H15N3O. The second-order valence-electron chi connectivity index (χ2n) is 4.08. The van der Waals surface area contributed by atoms with Crippen LogP contribution >= 0.6 is 0 Å². The molecule has 0 N–H and O–H groups in total. The fraction of sp³-hybridized carbons (Fsp3) is 0.545. The lowest BCUT2D eigenvalue weighted by Crippen LogP contribution is -2.36. The van der Waals surface area contributed by atoms with Gasteiger partial charge in [-0.15, -0.1) is 0 Å². The van der Waals surface area contributed by atoms with Crippen LogP contribution in [-0.4, -0.2) is 33.9 Å². The molecule has 80 valence electrons. The monoisotopic (exact) mass is 205 g/mol. The number of aromatic nitrogens is 2. The predicted octanol–water partition coefficient (Wildman–Crippen LogP) is 1.35. The molecule has 0 aliphatic heterocycles. The number of rotatable bonds is 3. The van der Waals surface area contributed by atoms with Crippen molar-refractivity contribution in [3.05, 3.63) is 24.3 Å². The van der Waals surface area contributed by atoms with E-state index in [0.29, 0.717) is 17.7 Å². The van der Waals surface area contributed by atoms with Gasteiger partial charge >= 0.3 is 0 Å². The lowest BCUT2D eigenvalue weighted by molar-refractivity contribution is 0.0721. The summed E-state index contributed by atoms with van der Waals surface area (Å²) in [6, 6.07) is 0.305. The Kier molecular flexibility index (Phi) is 2.66. The molecule has 0 aromatic carbocycles. The van der Waals surface area contributed by atoms with Crippen LogP contribution in [0.5, 0.6) is 0 Å². The molecule has 1 aromatic rings. The molecule has 4 nitrogen and oxygen atoms in total. The summed E-state index contributed by atoms with van der Waals surface area (Å²) < 4.78 is 0. The van der Waals surface area contributed by atoms with E-state index in [-0.39, 0.29) is 5.91 Å². The molecule has 4 heteroatoms. The molecule has 1 aliphatic rings. The van der Waals surface area contributed by atoms with Crippen LogP contribution in [0, 0.1) is 5.92 Å². The molecule has 1 unspecified atom stereocenters. The minimum Gasteiger partial charge on any atom is -0.337 e. The molecule has 1 saturated carbocycles. The summed E-state index contributed by atoms with van der Waals surface area (Å²) >= 11 is 0. The van der Waals surface area contributed by atoms with Gasteiger partial charge in [-0.3, -0.25) is 9.78 Å². The van der Waals surface area contributed by atoms with Gasteiger partial charge in [0, 0.05) is 25.5 Å². The molecule has 0 spiro atoms. The van der Waals surface area contributed by atoms with Crippen molar-refractivity contribution in [1.82, 2.24) is 14.9 Å². The number of carbonyl (C=O) groups excluding carboxylic acids is 1. The fourth-order valence-electron chi connectivity index (χ4n) is 1.67. The first kappa shape index (κ1) is 10.1. The maximum Gasteiger partial charge on any atom is 0.274 e. The second kappa shape index (κ2) is 3.96. The highest BCUT2D eigenvalue weighted by molar-refractivity contribution is 5.91. The van der Waals surface area contributed by atoms with Crippen molar-refractivity contribution in [2.24, 2.45) is 5.92 Å². The molecule has 1 amide bonds. The number of carbonyl (C=O) groups is 1. The molecule has 2 rings (SSSR count). The zero-order valence-corrected chi connectivity index (χ0v) is 9.05. The Labute approximate surface area is 89.3 Å². The van der Waals surface area contributed by atoms with Crippen molar-refractivity contribution in [3.8, 4) is 0 Å². The van der Waals surface area contributed by atoms with Crippen molar-refractivity contribution in [3.63, 3.8) is 0 Å². The van der Waals surface area contributed by atoms with E-state index in [0.717, 1.165) is 0 Å². The summed E-state index contributed by atoms with van der Waals surface area (Å²) in [6.07, 6.45) is 7.10. The standard InChI is InChI=1S/C11H15N3O/c1-8(9-3-4-9)14(2)11(15)10-7-12-5-6-13-10/h5-9H,3-4H2,1-2H3. The zero-order chi connectivity index (χ0) is 10.8. The van der Waals surface area contributed by atoms with Crippen molar-refractivity contribution < 1.29 is 4.79 Å². The van der Waals surface area contributed by atoms with Crippen molar-refractivity contribution in [2.75, 3.05) is 7.05 Å². The van der Waals surface area contributed by atoms with Gasteiger partial charge in [0.2, 0.25) is 0 Å². The van der Waals surface area contributed by atoms with Gasteiger partial charge in [0.05, 0.1) is 6.20 Å². The Balaban J connectivity index is 2.07. The van der Waals surface area contributed by atoms with Crippen LogP contribution in [0.2, 0.25) is 0 Å². The molecule has 1 heterocycles. The third-order valence-corrected chi connectivity index (χ3v) is 3.02. The number of hydrogen-bond acceptors (Lipinski definition) is 3. The van der Waals surface area contributed by atoms with Gasteiger partial charge in [-0.1, -0.05) is 0 Å². The van der Waals surface area contributed by atoms with Crippen LogP contribution in [0.1, 0.15) is 30.3 Å². The lowest BCUT2D eigenvalue weighted by atomic mass is 10.2. The van der Waals surface area contributed by atoms with Gasteiger partial charge in [-0.25, -0.2) is 4.98 Å². The normalized spacial score (nSPS) is 17.2. The molecule has 1 aromatic heterocycles. The average Bonchev–Trinajstić information content (AvgIpc) is 3.11.